The van der Waals surface area contributed by atoms with E-state index in [4.69, 9.17) is 4.99 Å². The topological polar surface area (TPSA) is 80.3 Å². The Hall–Kier alpha value is -4.16. The van der Waals surface area contributed by atoms with Crippen LogP contribution >= 0.6 is 0 Å². The molecule has 3 heterocycles. The van der Waals surface area contributed by atoms with Gasteiger partial charge >= 0.3 is 0 Å². The maximum Gasteiger partial charge on any atom is 0.199 e. The maximum absolute atomic E-state index is 10.9. The first kappa shape index (κ1) is 22.3. The molecule has 36 heavy (non-hydrogen) atoms. The van der Waals surface area contributed by atoms with Crippen LogP contribution in [0.25, 0.3) is 22.2 Å². The number of nitrogens with one attached hydrogen (secondary N) is 2. The normalized spacial score (nSPS) is 14.9. The molecule has 0 bridgehead atoms. The minimum Gasteiger partial charge on any atom is -0.494 e. The van der Waals surface area contributed by atoms with Crippen LogP contribution in [-0.2, 0) is 6.54 Å². The fourth-order valence-corrected chi connectivity index (χ4v) is 5.03. The summed E-state index contributed by atoms with van der Waals surface area (Å²) in [4.78, 5) is 17.9. The molecular weight excluding hydrogens is 446 g/mol. The summed E-state index contributed by atoms with van der Waals surface area (Å²) < 4.78 is 0. The second-order valence-corrected chi connectivity index (χ2v) is 9.40. The predicted molar refractivity (Wildman–Crippen MR) is 145 cm³/mol. The van der Waals surface area contributed by atoms with E-state index in [9.17, 15) is 5.11 Å². The van der Waals surface area contributed by atoms with Crippen molar-refractivity contribution in [3.63, 3.8) is 0 Å². The van der Waals surface area contributed by atoms with Gasteiger partial charge in [0.05, 0.1) is 35.2 Å². The molecule has 5 aromatic rings. The van der Waals surface area contributed by atoms with Gasteiger partial charge < -0.3 is 15.1 Å². The van der Waals surface area contributed by atoms with E-state index in [0.717, 1.165) is 45.7 Å². The van der Waals surface area contributed by atoms with Crippen LogP contribution in [0.4, 0.5) is 5.69 Å². The molecule has 1 saturated heterocycles. The largest absolute Gasteiger partial charge is 0.494 e. The number of aromatic nitrogens is 3. The molecule has 3 N–H and O–H groups in total. The van der Waals surface area contributed by atoms with Crippen molar-refractivity contribution in [3.05, 3.63) is 102 Å². The Balaban J connectivity index is 1.39. The number of rotatable bonds is 6. The summed E-state index contributed by atoms with van der Waals surface area (Å²) in [5.41, 5.74) is 7.43. The zero-order valence-corrected chi connectivity index (χ0v) is 20.1. The number of aromatic hydroxyl groups is 1. The Labute approximate surface area is 210 Å². The molecule has 1 aliphatic heterocycles. The predicted octanol–water partition coefficient (Wildman–Crippen LogP) is 6.42. The third kappa shape index (κ3) is 4.55. The van der Waals surface area contributed by atoms with E-state index in [2.05, 4.69) is 44.1 Å². The van der Waals surface area contributed by atoms with Gasteiger partial charge in [0.25, 0.3) is 0 Å². The number of aromatic amines is 2. The molecule has 0 amide bonds. The zero-order valence-electron chi connectivity index (χ0n) is 20.1. The summed E-state index contributed by atoms with van der Waals surface area (Å²) in [7, 11) is 0. The van der Waals surface area contributed by atoms with E-state index in [-0.39, 0.29) is 5.88 Å². The van der Waals surface area contributed by atoms with Crippen molar-refractivity contribution in [2.75, 3.05) is 13.1 Å². The Morgan fingerprint density at radius 1 is 0.917 bits per heavy atom. The number of hydrogen-bond acceptors (Lipinski definition) is 4. The van der Waals surface area contributed by atoms with Crippen LogP contribution in [0.1, 0.15) is 36.0 Å². The first-order valence-corrected chi connectivity index (χ1v) is 12.5. The fourth-order valence-electron chi connectivity index (χ4n) is 5.03. The van der Waals surface area contributed by atoms with Crippen LogP contribution in [0.3, 0.4) is 0 Å². The number of nitrogens with zero attached hydrogens (tertiary/aromatic N) is 3. The van der Waals surface area contributed by atoms with Gasteiger partial charge in [-0.3, -0.25) is 4.90 Å². The molecule has 0 saturated carbocycles. The van der Waals surface area contributed by atoms with Crippen molar-refractivity contribution in [2.45, 2.75) is 25.8 Å². The number of fused-ring (bicyclic) bond motifs is 1. The zero-order chi connectivity index (χ0) is 24.3. The van der Waals surface area contributed by atoms with Gasteiger partial charge in [-0.05, 0) is 55.3 Å². The van der Waals surface area contributed by atoms with Crippen LogP contribution in [0.15, 0.2) is 90.3 Å². The molecular formula is C30H29N5O. The number of hydrogen-bond donors (Lipinski definition) is 3. The van der Waals surface area contributed by atoms with Crippen LogP contribution in [0, 0.1) is 0 Å². The molecule has 6 nitrogen and oxygen atoms in total. The first-order chi connectivity index (χ1) is 17.7. The number of imidazole rings is 1. The Bertz CT molecular complexity index is 1480. The second kappa shape index (κ2) is 9.84. The van der Waals surface area contributed by atoms with E-state index in [1.807, 2.05) is 48.5 Å². The minimum absolute atomic E-state index is 0.126. The summed E-state index contributed by atoms with van der Waals surface area (Å²) in [5.74, 6) is 0.126. The van der Waals surface area contributed by atoms with Crippen LogP contribution in [0.2, 0.25) is 0 Å². The molecule has 0 atom stereocenters. The Morgan fingerprint density at radius 2 is 1.69 bits per heavy atom. The smallest absolute Gasteiger partial charge is 0.199 e. The van der Waals surface area contributed by atoms with E-state index in [1.54, 1.807) is 12.5 Å². The number of H-pyrrole nitrogens is 2. The molecule has 0 spiro atoms. The van der Waals surface area contributed by atoms with Gasteiger partial charge in [0.2, 0.25) is 0 Å². The van der Waals surface area contributed by atoms with E-state index in [1.165, 1.54) is 37.9 Å². The molecule has 2 aromatic heterocycles. The highest BCUT2D eigenvalue weighted by Gasteiger charge is 2.19. The highest BCUT2D eigenvalue weighted by molar-refractivity contribution is 6.21. The van der Waals surface area contributed by atoms with Gasteiger partial charge in [-0.2, -0.15) is 0 Å². The Morgan fingerprint density at radius 3 is 2.44 bits per heavy atom. The van der Waals surface area contributed by atoms with Crippen molar-refractivity contribution in [2.24, 2.45) is 4.99 Å². The summed E-state index contributed by atoms with van der Waals surface area (Å²) in [5, 5.41) is 11.9. The molecule has 1 fully saturated rings. The van der Waals surface area contributed by atoms with Crippen LogP contribution < -0.4 is 0 Å². The molecule has 0 aliphatic carbocycles. The van der Waals surface area contributed by atoms with E-state index in [0.29, 0.717) is 5.56 Å². The summed E-state index contributed by atoms with van der Waals surface area (Å²) in [6, 6.07) is 24.6. The van der Waals surface area contributed by atoms with Gasteiger partial charge in [-0.1, -0.05) is 61.0 Å². The highest BCUT2D eigenvalue weighted by Crippen LogP contribution is 2.32. The van der Waals surface area contributed by atoms with Crippen molar-refractivity contribution in [3.8, 4) is 17.1 Å². The summed E-state index contributed by atoms with van der Waals surface area (Å²) >= 11 is 0. The van der Waals surface area contributed by atoms with Gasteiger partial charge in [-0.25, -0.2) is 9.98 Å². The lowest BCUT2D eigenvalue weighted by Crippen LogP contribution is -2.29. The van der Waals surface area contributed by atoms with E-state index >= 15 is 0 Å². The number of benzene rings is 3. The van der Waals surface area contributed by atoms with Crippen molar-refractivity contribution < 1.29 is 5.11 Å². The average Bonchev–Trinajstić information content (AvgIpc) is 3.57. The lowest BCUT2D eigenvalue weighted by Gasteiger charge is -2.26. The van der Waals surface area contributed by atoms with Crippen molar-refractivity contribution in [1.82, 2.24) is 19.9 Å². The van der Waals surface area contributed by atoms with Gasteiger partial charge in [0, 0.05) is 23.0 Å². The summed E-state index contributed by atoms with van der Waals surface area (Å²) in [6.45, 7) is 3.32. The molecule has 3 aromatic carbocycles. The number of aliphatic imine (C=N–C) groups is 1. The van der Waals surface area contributed by atoms with E-state index < -0.39 is 0 Å². The lowest BCUT2D eigenvalue weighted by atomic mass is 9.99. The first-order valence-electron chi connectivity index (χ1n) is 12.5. The maximum atomic E-state index is 10.9. The lowest BCUT2D eigenvalue weighted by molar-refractivity contribution is 0.221. The summed E-state index contributed by atoms with van der Waals surface area (Å²) in [6.07, 6.45) is 7.39. The quantitative estimate of drug-likeness (QED) is 0.248. The van der Waals surface area contributed by atoms with Crippen molar-refractivity contribution >= 4 is 22.3 Å². The van der Waals surface area contributed by atoms with Gasteiger partial charge in [0.15, 0.2) is 5.88 Å². The van der Waals surface area contributed by atoms with Crippen molar-refractivity contribution in [1.29, 1.82) is 0 Å². The average molecular weight is 476 g/mol. The second-order valence-electron chi connectivity index (χ2n) is 9.40. The molecule has 1 aliphatic rings. The minimum atomic E-state index is 0.126. The molecule has 6 heteroatoms. The molecule has 0 radical (unpaired) electrons. The highest BCUT2D eigenvalue weighted by atomic mass is 16.3. The third-order valence-electron chi connectivity index (χ3n) is 6.92. The number of piperidine rings is 1. The molecule has 180 valence electrons. The van der Waals surface area contributed by atoms with Crippen LogP contribution in [-0.4, -0.2) is 43.8 Å². The van der Waals surface area contributed by atoms with Gasteiger partial charge in [0.1, 0.15) is 0 Å². The van der Waals surface area contributed by atoms with Crippen LogP contribution in [0.5, 0.6) is 5.88 Å². The molecule has 6 rings (SSSR count). The Kier molecular flexibility index (Phi) is 6.10. The van der Waals surface area contributed by atoms with Gasteiger partial charge in [-0.15, -0.1) is 0 Å². The SMILES string of the molecule is Oc1[nH]c2ccccc2c1C(=Nc1ccc(-c2cnc[nH]2)cc1)c1ccc(CN2CCCCC2)cc1. The third-order valence-corrected chi connectivity index (χ3v) is 6.92. The standard InChI is InChI=1S/C30H29N5O/c36-30-28(25-6-2-3-7-26(25)34-30)29(33-24-14-12-22(13-15-24)27-18-31-20-32-27)23-10-8-21(9-11-23)19-35-16-4-1-5-17-35/h2-3,6-15,18,20,34,36H,1,4-5,16-17,19H2,(H,31,32). The fraction of sp³-hybridized carbons (Fsp3) is 0.200. The molecule has 0 unspecified atom stereocenters. The number of para-hydroxylation sites is 1. The monoisotopic (exact) mass is 475 g/mol. The number of likely N-dealkylation sites (tertiary alicyclic amines) is 1.